The van der Waals surface area contributed by atoms with Gasteiger partial charge in [0.1, 0.15) is 12.1 Å². The molecule has 28 heavy (non-hydrogen) atoms. The maximum atomic E-state index is 8.89. The summed E-state index contributed by atoms with van der Waals surface area (Å²) in [4.78, 5) is 13.2. The van der Waals surface area contributed by atoms with E-state index in [4.69, 9.17) is 22.1 Å². The summed E-state index contributed by atoms with van der Waals surface area (Å²) >= 11 is 0. The number of benzene rings is 1. The summed E-state index contributed by atoms with van der Waals surface area (Å²) in [6.07, 6.45) is 6.58. The van der Waals surface area contributed by atoms with Crippen molar-refractivity contribution < 1.29 is 16.3 Å². The summed E-state index contributed by atoms with van der Waals surface area (Å²) in [6.45, 7) is -0.210. The first kappa shape index (κ1) is 12.9. The van der Waals surface area contributed by atoms with Crippen LogP contribution in [0.3, 0.4) is 0 Å². The predicted molar refractivity (Wildman–Crippen MR) is 107 cm³/mol. The molecule has 5 rings (SSSR count). The molecule has 6 heteroatoms. The van der Waals surface area contributed by atoms with Crippen LogP contribution in [0.1, 0.15) is 44.2 Å². The standard InChI is InChI=1S/C22H26N4O2/c1-14-10-21(6-5-19(14)27-2)11-16-4-3-15(18-12-24-7-8-25-18)9-17(16)22(21)13-28-20(23)26-22/h3-4,7-9,12,14,19H,5-6,10-11,13H2,1-2H3,(H2,23,26)/t14-,19-,21-,22+/m0/s1/i2D3,13D2. The zero-order valence-electron chi connectivity index (χ0n) is 20.7. The number of ether oxygens (including phenoxy) is 2. The largest absolute Gasteiger partial charge is 0.462 e. The summed E-state index contributed by atoms with van der Waals surface area (Å²) in [5.41, 5.74) is 7.19. The predicted octanol–water partition coefficient (Wildman–Crippen LogP) is 3.06. The molecule has 1 fully saturated rings. The second-order valence-corrected chi connectivity index (χ2v) is 8.16. The summed E-state index contributed by atoms with van der Waals surface area (Å²) < 4.78 is 51.1. The van der Waals surface area contributed by atoms with E-state index in [1.807, 2.05) is 25.1 Å². The van der Waals surface area contributed by atoms with Gasteiger partial charge in [-0.15, -0.1) is 0 Å². The lowest BCUT2D eigenvalue weighted by atomic mass is 9.59. The van der Waals surface area contributed by atoms with Gasteiger partial charge in [0.2, 0.25) is 0 Å². The Morgan fingerprint density at radius 3 is 3.04 bits per heavy atom. The molecule has 1 saturated carbocycles. The van der Waals surface area contributed by atoms with Gasteiger partial charge in [0.05, 0.1) is 24.8 Å². The highest BCUT2D eigenvalue weighted by molar-refractivity contribution is 5.75. The number of hydrogen-bond donors (Lipinski definition) is 1. The topological polar surface area (TPSA) is 82.6 Å². The van der Waals surface area contributed by atoms with Crippen molar-refractivity contribution >= 4 is 6.02 Å². The average molecular weight is 384 g/mol. The molecule has 2 heterocycles. The molecule has 1 aromatic carbocycles. The third-order valence-electron chi connectivity index (χ3n) is 6.64. The van der Waals surface area contributed by atoms with Crippen LogP contribution in [0.25, 0.3) is 11.3 Å². The number of aliphatic imine (C=N–C) groups is 1. The van der Waals surface area contributed by atoms with E-state index >= 15 is 0 Å². The lowest BCUT2D eigenvalue weighted by Crippen LogP contribution is -2.48. The Hall–Kier alpha value is -2.47. The maximum absolute atomic E-state index is 8.89. The van der Waals surface area contributed by atoms with Crippen LogP contribution in [0, 0.1) is 11.3 Å². The highest BCUT2D eigenvalue weighted by atomic mass is 16.5. The number of amidine groups is 1. The van der Waals surface area contributed by atoms with Crippen LogP contribution in [0.4, 0.5) is 0 Å². The first-order chi connectivity index (χ1) is 15.5. The van der Waals surface area contributed by atoms with Crippen molar-refractivity contribution in [3.05, 3.63) is 47.9 Å². The molecule has 0 bridgehead atoms. The smallest absolute Gasteiger partial charge is 0.283 e. The van der Waals surface area contributed by atoms with Crippen molar-refractivity contribution in [1.82, 2.24) is 9.97 Å². The van der Waals surface area contributed by atoms with E-state index in [2.05, 4.69) is 15.0 Å². The lowest BCUT2D eigenvalue weighted by Gasteiger charge is -2.47. The van der Waals surface area contributed by atoms with Gasteiger partial charge in [-0.3, -0.25) is 9.97 Å². The van der Waals surface area contributed by atoms with Crippen LogP contribution in [-0.2, 0) is 21.4 Å². The van der Waals surface area contributed by atoms with E-state index < -0.39 is 30.7 Å². The summed E-state index contributed by atoms with van der Waals surface area (Å²) in [5.74, 6) is -0.113. The number of methoxy groups -OCH3 is 1. The normalized spacial score (nSPS) is 38.6. The molecule has 4 atom stereocenters. The molecule has 3 aliphatic rings. The number of aromatic nitrogens is 2. The first-order valence-electron chi connectivity index (χ1n) is 12.1. The summed E-state index contributed by atoms with van der Waals surface area (Å²) in [7, 11) is -2.47. The van der Waals surface area contributed by atoms with Gasteiger partial charge in [0.25, 0.3) is 6.02 Å². The zero-order valence-corrected chi connectivity index (χ0v) is 15.7. The van der Waals surface area contributed by atoms with Crippen LogP contribution >= 0.6 is 0 Å². The fourth-order valence-corrected chi connectivity index (χ4v) is 5.35. The molecular formula is C22H26N4O2. The molecule has 2 spiro atoms. The molecule has 1 aromatic heterocycles. The van der Waals surface area contributed by atoms with E-state index in [9.17, 15) is 0 Å². The third-order valence-corrected chi connectivity index (χ3v) is 6.64. The van der Waals surface area contributed by atoms with Gasteiger partial charge in [-0.2, -0.15) is 0 Å². The van der Waals surface area contributed by atoms with Crippen molar-refractivity contribution in [3.8, 4) is 11.3 Å². The van der Waals surface area contributed by atoms with Gasteiger partial charge in [0, 0.05) is 30.4 Å². The van der Waals surface area contributed by atoms with Gasteiger partial charge in [0.15, 0.2) is 0 Å². The summed E-state index contributed by atoms with van der Waals surface area (Å²) in [5, 5.41) is 0. The molecule has 146 valence electrons. The van der Waals surface area contributed by atoms with Crippen molar-refractivity contribution in [2.24, 2.45) is 22.1 Å². The molecule has 2 aromatic rings. The molecule has 0 radical (unpaired) electrons. The SMILES string of the molecule is [2H]C([2H])([2H])O[C@H]1CC[C@@]2(Cc3ccc(-c4cnccn4)cc3[C@@]23N=C(N)OC3([2H])[2H])C[C@@H]1C. The minimum absolute atomic E-state index is 0.113. The van der Waals surface area contributed by atoms with E-state index in [-0.39, 0.29) is 11.9 Å². The zero-order chi connectivity index (χ0) is 23.6. The highest BCUT2D eigenvalue weighted by Gasteiger charge is 2.62. The minimum Gasteiger partial charge on any atom is -0.462 e. The van der Waals surface area contributed by atoms with Crippen LogP contribution in [0.5, 0.6) is 0 Å². The van der Waals surface area contributed by atoms with Crippen molar-refractivity contribution in [3.63, 3.8) is 0 Å². The molecule has 2 N–H and O–H groups in total. The van der Waals surface area contributed by atoms with Crippen molar-refractivity contribution in [2.75, 3.05) is 13.6 Å². The fraction of sp³-hybridized carbons (Fsp3) is 0.500. The average Bonchev–Trinajstić information content (AvgIpc) is 3.14. The van der Waals surface area contributed by atoms with Gasteiger partial charge < -0.3 is 15.2 Å². The van der Waals surface area contributed by atoms with Gasteiger partial charge in [-0.1, -0.05) is 19.1 Å². The third kappa shape index (κ3) is 2.40. The van der Waals surface area contributed by atoms with Gasteiger partial charge >= 0.3 is 0 Å². The Balaban J connectivity index is 1.62. The van der Waals surface area contributed by atoms with E-state index in [1.165, 1.54) is 0 Å². The van der Waals surface area contributed by atoms with Crippen LogP contribution < -0.4 is 5.73 Å². The quantitative estimate of drug-likeness (QED) is 0.862. The molecule has 2 aliphatic carbocycles. The Morgan fingerprint density at radius 2 is 2.32 bits per heavy atom. The number of rotatable bonds is 2. The monoisotopic (exact) mass is 383 g/mol. The van der Waals surface area contributed by atoms with Crippen molar-refractivity contribution in [2.45, 2.75) is 44.2 Å². The molecule has 6 nitrogen and oxygen atoms in total. The number of nitrogens with two attached hydrogens (primary N) is 1. The number of hydrogen-bond acceptors (Lipinski definition) is 6. The number of fused-ring (bicyclic) bond motifs is 3. The maximum Gasteiger partial charge on any atom is 0.283 e. The van der Waals surface area contributed by atoms with Crippen molar-refractivity contribution in [1.29, 1.82) is 0 Å². The van der Waals surface area contributed by atoms with Gasteiger partial charge in [-0.25, -0.2) is 4.99 Å². The Morgan fingerprint density at radius 1 is 1.39 bits per heavy atom. The Bertz CT molecular complexity index is 1110. The Kier molecular flexibility index (Phi) is 2.89. The second-order valence-electron chi connectivity index (χ2n) is 8.16. The molecule has 1 aliphatic heterocycles. The minimum atomic E-state index is -2.47. The second kappa shape index (κ2) is 6.27. The molecule has 0 amide bonds. The van der Waals surface area contributed by atoms with Crippen LogP contribution in [-0.4, -0.2) is 35.7 Å². The summed E-state index contributed by atoms with van der Waals surface area (Å²) in [6, 6.07) is 5.70. The van der Waals surface area contributed by atoms with Crippen LogP contribution in [0.15, 0.2) is 41.8 Å². The molecule has 0 unspecified atom stereocenters. The lowest BCUT2D eigenvalue weighted by molar-refractivity contribution is -0.0445. The van der Waals surface area contributed by atoms with E-state index in [1.54, 1.807) is 18.6 Å². The van der Waals surface area contributed by atoms with E-state index in [0.717, 1.165) is 16.7 Å². The van der Waals surface area contributed by atoms with Gasteiger partial charge in [-0.05, 0) is 48.8 Å². The van der Waals surface area contributed by atoms with Crippen LogP contribution in [0.2, 0.25) is 0 Å². The fourth-order valence-electron chi connectivity index (χ4n) is 5.35. The van der Waals surface area contributed by atoms with E-state index in [0.29, 0.717) is 31.4 Å². The first-order valence-corrected chi connectivity index (χ1v) is 9.58. The number of nitrogens with zero attached hydrogens (tertiary/aromatic N) is 3. The Labute approximate surface area is 172 Å². The molecular weight excluding hydrogens is 352 g/mol. The highest BCUT2D eigenvalue weighted by Crippen LogP contribution is 2.62. The molecule has 0 saturated heterocycles.